The lowest BCUT2D eigenvalue weighted by Gasteiger charge is -2.15. The number of thioether (sulfide) groups is 1. The number of rotatable bonds is 7. The average molecular weight is 286 g/mol. The summed E-state index contributed by atoms with van der Waals surface area (Å²) < 4.78 is 22.0. The molecule has 100 valence electrons. The Morgan fingerprint density at radius 2 is 2.00 bits per heavy atom. The summed E-state index contributed by atoms with van der Waals surface area (Å²) in [6.07, 6.45) is 1.23. The average Bonchev–Trinajstić information content (AvgIpc) is 2.28. The normalized spacial score (nSPS) is 13.2. The molecule has 0 saturated heterocycles. The van der Waals surface area contributed by atoms with Crippen molar-refractivity contribution in [2.45, 2.75) is 5.92 Å². The first-order chi connectivity index (χ1) is 8.40. The van der Waals surface area contributed by atoms with Crippen molar-refractivity contribution >= 4 is 27.4 Å². The van der Waals surface area contributed by atoms with Gasteiger partial charge in [0.05, 0.1) is 11.6 Å². The third kappa shape index (κ3) is 5.55. The van der Waals surface area contributed by atoms with Crippen LogP contribution in [0.25, 0.3) is 0 Å². The van der Waals surface area contributed by atoms with Crippen LogP contribution < -0.4 is 5.73 Å². The second-order valence-corrected chi connectivity index (χ2v) is 7.53. The first kappa shape index (κ1) is 15.0. The van der Waals surface area contributed by atoms with Crippen molar-refractivity contribution in [3.63, 3.8) is 0 Å². The molecule has 0 aliphatic rings. The number of nitrogens with one attached hydrogen (secondary N) is 1. The number of nitrogens with two attached hydrogens (primary N) is 1. The van der Waals surface area contributed by atoms with Crippen LogP contribution in [0.15, 0.2) is 30.3 Å². The van der Waals surface area contributed by atoms with E-state index in [0.29, 0.717) is 11.5 Å². The molecule has 0 fully saturated rings. The Labute approximate surface area is 112 Å². The summed E-state index contributed by atoms with van der Waals surface area (Å²) in [6, 6.07) is 9.60. The highest BCUT2D eigenvalue weighted by atomic mass is 32.2. The topological polar surface area (TPSA) is 84.0 Å². The maximum Gasteiger partial charge on any atom is 0.148 e. The second kappa shape index (κ2) is 6.80. The van der Waals surface area contributed by atoms with E-state index in [1.54, 1.807) is 0 Å². The Bertz CT molecular complexity index is 486. The fourth-order valence-electron chi connectivity index (χ4n) is 1.46. The Morgan fingerprint density at radius 1 is 1.39 bits per heavy atom. The van der Waals surface area contributed by atoms with Crippen LogP contribution in [0.3, 0.4) is 0 Å². The number of benzene rings is 1. The monoisotopic (exact) mass is 286 g/mol. The number of sulfone groups is 1. The fourth-order valence-corrected chi connectivity index (χ4v) is 3.92. The van der Waals surface area contributed by atoms with E-state index in [2.05, 4.69) is 0 Å². The van der Waals surface area contributed by atoms with Gasteiger partial charge in [-0.05, 0) is 5.56 Å². The zero-order valence-corrected chi connectivity index (χ0v) is 11.9. The van der Waals surface area contributed by atoms with Gasteiger partial charge in [0.15, 0.2) is 0 Å². The molecule has 18 heavy (non-hydrogen) atoms. The largest absolute Gasteiger partial charge is 0.387 e. The molecule has 1 unspecified atom stereocenters. The highest BCUT2D eigenvalue weighted by Gasteiger charge is 2.14. The van der Waals surface area contributed by atoms with Gasteiger partial charge in [-0.1, -0.05) is 30.3 Å². The van der Waals surface area contributed by atoms with Gasteiger partial charge in [-0.15, -0.1) is 0 Å². The lowest BCUT2D eigenvalue weighted by atomic mass is 10.0. The summed E-state index contributed by atoms with van der Waals surface area (Å²) >= 11 is 1.51. The molecule has 4 nitrogen and oxygen atoms in total. The van der Waals surface area contributed by atoms with Gasteiger partial charge in [0, 0.05) is 23.7 Å². The molecular weight excluding hydrogens is 268 g/mol. The molecule has 0 saturated carbocycles. The Balaban J connectivity index is 2.53. The van der Waals surface area contributed by atoms with Crippen LogP contribution >= 0.6 is 11.8 Å². The molecule has 0 bridgehead atoms. The van der Waals surface area contributed by atoms with Crippen molar-refractivity contribution in [1.82, 2.24) is 0 Å². The molecule has 1 rings (SSSR count). The van der Waals surface area contributed by atoms with Crippen molar-refractivity contribution in [1.29, 1.82) is 5.41 Å². The summed E-state index contributed by atoms with van der Waals surface area (Å²) in [7, 11) is -2.91. The summed E-state index contributed by atoms with van der Waals surface area (Å²) in [5, 5.41) is 7.59. The molecule has 1 aromatic rings. The zero-order chi connectivity index (χ0) is 13.6. The van der Waals surface area contributed by atoms with E-state index < -0.39 is 9.84 Å². The number of hydrogen-bond acceptors (Lipinski definition) is 4. The Kier molecular flexibility index (Phi) is 5.68. The molecule has 0 aliphatic carbocycles. The summed E-state index contributed by atoms with van der Waals surface area (Å²) in [5.41, 5.74) is 6.59. The minimum atomic E-state index is -2.91. The molecule has 6 heteroatoms. The highest BCUT2D eigenvalue weighted by molar-refractivity contribution is 8.00. The first-order valence-electron chi connectivity index (χ1n) is 5.54. The first-order valence-corrected chi connectivity index (χ1v) is 8.76. The van der Waals surface area contributed by atoms with E-state index in [9.17, 15) is 8.42 Å². The SMILES string of the molecule is CS(=O)(=O)CCSCC(C(=N)N)c1ccccc1. The Hall–Kier alpha value is -1.01. The maximum atomic E-state index is 11.0. The zero-order valence-electron chi connectivity index (χ0n) is 10.3. The van der Waals surface area contributed by atoms with E-state index in [0.717, 1.165) is 5.56 Å². The van der Waals surface area contributed by atoms with Crippen LogP contribution in [0, 0.1) is 5.41 Å². The Morgan fingerprint density at radius 3 is 2.50 bits per heavy atom. The lowest BCUT2D eigenvalue weighted by molar-refractivity contribution is 0.603. The van der Waals surface area contributed by atoms with Gasteiger partial charge in [-0.2, -0.15) is 11.8 Å². The second-order valence-electron chi connectivity index (χ2n) is 4.12. The van der Waals surface area contributed by atoms with Crippen LogP contribution in [0.2, 0.25) is 0 Å². The smallest absolute Gasteiger partial charge is 0.148 e. The van der Waals surface area contributed by atoms with Crippen LogP contribution in [-0.2, 0) is 9.84 Å². The van der Waals surface area contributed by atoms with Crippen molar-refractivity contribution in [2.24, 2.45) is 5.73 Å². The van der Waals surface area contributed by atoms with Crippen LogP contribution in [-0.4, -0.2) is 37.8 Å². The predicted molar refractivity (Wildman–Crippen MR) is 78.1 cm³/mol. The molecule has 0 aromatic heterocycles. The van der Waals surface area contributed by atoms with Crippen molar-refractivity contribution in [2.75, 3.05) is 23.5 Å². The quantitative estimate of drug-likeness (QED) is 0.452. The third-order valence-corrected chi connectivity index (χ3v) is 4.73. The predicted octanol–water partition coefficient (Wildman–Crippen LogP) is 1.48. The molecule has 0 spiro atoms. The summed E-state index contributed by atoms with van der Waals surface area (Å²) in [5.74, 6) is 1.31. The molecule has 0 amide bonds. The van der Waals surface area contributed by atoms with Crippen molar-refractivity contribution in [3.8, 4) is 0 Å². The van der Waals surface area contributed by atoms with Gasteiger partial charge in [0.25, 0.3) is 0 Å². The van der Waals surface area contributed by atoms with Crippen LogP contribution in [0.1, 0.15) is 11.5 Å². The standard InChI is InChI=1S/C12H18N2O2S2/c1-18(15,16)8-7-17-9-11(12(13)14)10-5-3-2-4-6-10/h2-6,11H,7-9H2,1H3,(H3,13,14). The molecule has 1 aromatic carbocycles. The number of amidine groups is 1. The minimum Gasteiger partial charge on any atom is -0.387 e. The van der Waals surface area contributed by atoms with Gasteiger partial charge in [-0.25, -0.2) is 8.42 Å². The van der Waals surface area contributed by atoms with E-state index in [1.807, 2.05) is 30.3 Å². The fraction of sp³-hybridized carbons (Fsp3) is 0.417. The van der Waals surface area contributed by atoms with Crippen LogP contribution in [0.4, 0.5) is 0 Å². The van der Waals surface area contributed by atoms with Gasteiger partial charge >= 0.3 is 0 Å². The summed E-state index contributed by atoms with van der Waals surface area (Å²) in [6.45, 7) is 0. The van der Waals surface area contributed by atoms with E-state index in [4.69, 9.17) is 11.1 Å². The van der Waals surface area contributed by atoms with Crippen LogP contribution in [0.5, 0.6) is 0 Å². The lowest BCUT2D eigenvalue weighted by Crippen LogP contribution is -2.23. The van der Waals surface area contributed by atoms with Crippen molar-refractivity contribution in [3.05, 3.63) is 35.9 Å². The summed E-state index contributed by atoms with van der Waals surface area (Å²) in [4.78, 5) is 0. The molecule has 0 aliphatic heterocycles. The molecule has 0 radical (unpaired) electrons. The van der Waals surface area contributed by atoms with Gasteiger partial charge in [-0.3, -0.25) is 5.41 Å². The molecule has 3 N–H and O–H groups in total. The molecular formula is C12H18N2O2S2. The van der Waals surface area contributed by atoms with E-state index >= 15 is 0 Å². The number of hydrogen-bond donors (Lipinski definition) is 2. The minimum absolute atomic E-state index is 0.119. The highest BCUT2D eigenvalue weighted by Crippen LogP contribution is 2.20. The molecule has 0 heterocycles. The maximum absolute atomic E-state index is 11.0. The van der Waals surface area contributed by atoms with Gasteiger partial charge < -0.3 is 5.73 Å². The molecule has 1 atom stereocenters. The van der Waals surface area contributed by atoms with Gasteiger partial charge in [0.2, 0.25) is 0 Å². The van der Waals surface area contributed by atoms with Gasteiger partial charge in [0.1, 0.15) is 9.84 Å². The van der Waals surface area contributed by atoms with E-state index in [1.165, 1.54) is 18.0 Å². The third-order valence-electron chi connectivity index (χ3n) is 2.46. The van der Waals surface area contributed by atoms with Crippen molar-refractivity contribution < 1.29 is 8.42 Å². The van der Waals surface area contributed by atoms with E-state index in [-0.39, 0.29) is 17.5 Å².